The number of carbonyl (C=O) groups excluding carboxylic acids is 1. The lowest BCUT2D eigenvalue weighted by Gasteiger charge is -2.28. The van der Waals surface area contributed by atoms with Gasteiger partial charge in [-0.2, -0.15) is 0 Å². The fourth-order valence-corrected chi connectivity index (χ4v) is 4.16. The third-order valence-corrected chi connectivity index (χ3v) is 6.19. The molecular weight excluding hydrogens is 414 g/mol. The molecule has 0 saturated heterocycles. The lowest BCUT2D eigenvalue weighted by Crippen LogP contribution is -2.35. The molecule has 33 heavy (non-hydrogen) atoms. The number of rotatable bonds is 5. The number of nitrogens with zero attached hydrogens (tertiary/aromatic N) is 3. The quantitative estimate of drug-likeness (QED) is 0.448. The van der Waals surface area contributed by atoms with Gasteiger partial charge in [-0.1, -0.05) is 54.1 Å². The summed E-state index contributed by atoms with van der Waals surface area (Å²) in [7, 11) is 4.99. The highest BCUT2D eigenvalue weighted by Crippen LogP contribution is 2.33. The average Bonchev–Trinajstić information content (AvgIpc) is 2.85. The molecule has 0 aliphatic carbocycles. The first-order chi connectivity index (χ1) is 15.8. The van der Waals surface area contributed by atoms with E-state index in [1.807, 2.05) is 68.4 Å². The molecule has 4 aromatic rings. The summed E-state index contributed by atoms with van der Waals surface area (Å²) in [6.07, 6.45) is 1.60. The minimum Gasteiger partial charge on any atom is -0.496 e. The highest BCUT2D eigenvalue weighted by atomic mass is 16.5. The summed E-state index contributed by atoms with van der Waals surface area (Å²) >= 11 is 0. The summed E-state index contributed by atoms with van der Waals surface area (Å²) in [5, 5.41) is 0.658. The van der Waals surface area contributed by atoms with Crippen molar-refractivity contribution in [1.82, 2.24) is 14.5 Å². The Hall–Kier alpha value is -3.93. The second-order valence-corrected chi connectivity index (χ2v) is 8.19. The van der Waals surface area contributed by atoms with Gasteiger partial charge in [0.25, 0.3) is 11.5 Å². The molecule has 0 spiro atoms. The molecule has 1 atom stereocenters. The molecule has 2 aromatic heterocycles. The second-order valence-electron chi connectivity index (χ2n) is 8.19. The fourth-order valence-electron chi connectivity index (χ4n) is 4.16. The third kappa shape index (κ3) is 3.89. The molecule has 2 aromatic carbocycles. The van der Waals surface area contributed by atoms with E-state index in [1.54, 1.807) is 38.4 Å². The number of hydrogen-bond donors (Lipinski definition) is 0. The topological polar surface area (TPSA) is 64.4 Å². The number of benzene rings is 2. The van der Waals surface area contributed by atoms with Gasteiger partial charge in [-0.3, -0.25) is 14.6 Å². The molecule has 1 amide bonds. The summed E-state index contributed by atoms with van der Waals surface area (Å²) in [4.78, 5) is 33.1. The number of aromatic nitrogens is 2. The second kappa shape index (κ2) is 8.90. The van der Waals surface area contributed by atoms with Gasteiger partial charge in [0.15, 0.2) is 0 Å². The van der Waals surface area contributed by atoms with Gasteiger partial charge in [-0.25, -0.2) is 0 Å². The van der Waals surface area contributed by atoms with Crippen LogP contribution >= 0.6 is 0 Å². The zero-order valence-electron chi connectivity index (χ0n) is 19.5. The van der Waals surface area contributed by atoms with Crippen molar-refractivity contribution in [3.05, 3.63) is 94.0 Å². The van der Waals surface area contributed by atoms with E-state index in [4.69, 9.17) is 4.74 Å². The molecule has 0 radical (unpaired) electrons. The Morgan fingerprint density at radius 2 is 1.76 bits per heavy atom. The van der Waals surface area contributed by atoms with Gasteiger partial charge in [0.05, 0.1) is 13.2 Å². The standard InChI is InChI=1S/C27H27N3O3/c1-17-12-14-19(15-13-17)23-21-10-8-16-28-24(21)26(31)30(4)25(23)27(32)29(3)18(2)20-9-6-7-11-22(20)33-5/h6-16,18H,1-5H3. The third-order valence-electron chi connectivity index (χ3n) is 6.19. The number of amides is 1. The van der Waals surface area contributed by atoms with Crippen molar-refractivity contribution in [3.8, 4) is 16.9 Å². The van der Waals surface area contributed by atoms with E-state index in [9.17, 15) is 9.59 Å². The van der Waals surface area contributed by atoms with Crippen molar-refractivity contribution in [2.75, 3.05) is 14.2 Å². The van der Waals surface area contributed by atoms with Crippen molar-refractivity contribution in [2.45, 2.75) is 19.9 Å². The van der Waals surface area contributed by atoms with Crippen LogP contribution in [-0.4, -0.2) is 34.5 Å². The maximum atomic E-state index is 13.9. The molecule has 0 aliphatic rings. The Kier molecular flexibility index (Phi) is 6.01. The fraction of sp³-hybridized carbons (Fsp3) is 0.222. The first-order valence-electron chi connectivity index (χ1n) is 10.8. The van der Waals surface area contributed by atoms with Crippen LogP contribution in [0, 0.1) is 6.92 Å². The lowest BCUT2D eigenvalue weighted by atomic mass is 9.96. The number of para-hydroxylation sites is 1. The van der Waals surface area contributed by atoms with E-state index >= 15 is 0 Å². The Morgan fingerprint density at radius 3 is 2.45 bits per heavy atom. The molecule has 0 fully saturated rings. The van der Waals surface area contributed by atoms with Crippen LogP contribution in [0.4, 0.5) is 0 Å². The number of pyridine rings is 2. The number of carbonyl (C=O) groups is 1. The van der Waals surface area contributed by atoms with Gasteiger partial charge in [-0.05, 0) is 31.5 Å². The lowest BCUT2D eigenvalue weighted by molar-refractivity contribution is 0.0731. The summed E-state index contributed by atoms with van der Waals surface area (Å²) < 4.78 is 6.92. The van der Waals surface area contributed by atoms with Crippen LogP contribution < -0.4 is 10.3 Å². The molecule has 168 valence electrons. The van der Waals surface area contributed by atoms with Gasteiger partial charge >= 0.3 is 0 Å². The maximum absolute atomic E-state index is 13.9. The molecule has 1 unspecified atom stereocenters. The van der Waals surface area contributed by atoms with E-state index in [1.165, 1.54) is 4.57 Å². The van der Waals surface area contributed by atoms with Crippen LogP contribution in [0.1, 0.15) is 34.6 Å². The normalized spacial score (nSPS) is 11.9. The van der Waals surface area contributed by atoms with Gasteiger partial charge in [0.1, 0.15) is 17.0 Å². The van der Waals surface area contributed by atoms with Crippen molar-refractivity contribution in [1.29, 1.82) is 0 Å². The largest absolute Gasteiger partial charge is 0.496 e. The number of methoxy groups -OCH3 is 1. The highest BCUT2D eigenvalue weighted by Gasteiger charge is 2.28. The molecule has 0 N–H and O–H groups in total. The summed E-state index contributed by atoms with van der Waals surface area (Å²) in [6, 6.07) is 18.9. The van der Waals surface area contributed by atoms with E-state index in [0.29, 0.717) is 27.9 Å². The zero-order valence-corrected chi connectivity index (χ0v) is 19.5. The molecule has 0 bridgehead atoms. The minimum absolute atomic E-state index is 0.255. The Labute approximate surface area is 193 Å². The molecule has 2 heterocycles. The van der Waals surface area contributed by atoms with Crippen LogP contribution in [0.2, 0.25) is 0 Å². The smallest absolute Gasteiger partial charge is 0.277 e. The van der Waals surface area contributed by atoms with Crippen LogP contribution in [-0.2, 0) is 7.05 Å². The van der Waals surface area contributed by atoms with Gasteiger partial charge in [-0.15, -0.1) is 0 Å². The molecule has 6 nitrogen and oxygen atoms in total. The maximum Gasteiger partial charge on any atom is 0.277 e. The SMILES string of the molecule is COc1ccccc1C(C)N(C)C(=O)c1c(-c2ccc(C)cc2)c2cccnc2c(=O)n1C. The van der Waals surface area contributed by atoms with Crippen molar-refractivity contribution >= 4 is 16.8 Å². The van der Waals surface area contributed by atoms with Crippen LogP contribution in [0.5, 0.6) is 5.75 Å². The highest BCUT2D eigenvalue weighted by molar-refractivity contribution is 6.07. The molecule has 4 rings (SSSR count). The Bertz CT molecular complexity index is 1390. The molecule has 0 saturated carbocycles. The van der Waals surface area contributed by atoms with Crippen molar-refractivity contribution < 1.29 is 9.53 Å². The predicted octanol–water partition coefficient (Wildman–Crippen LogP) is 4.75. The number of hydrogen-bond acceptors (Lipinski definition) is 4. The molecular formula is C27H27N3O3. The van der Waals surface area contributed by atoms with Crippen LogP contribution in [0.15, 0.2) is 71.7 Å². The van der Waals surface area contributed by atoms with E-state index < -0.39 is 0 Å². The summed E-state index contributed by atoms with van der Waals surface area (Å²) in [5.74, 6) is 0.453. The monoisotopic (exact) mass is 441 g/mol. The first kappa shape index (κ1) is 22.3. The van der Waals surface area contributed by atoms with Crippen molar-refractivity contribution in [2.24, 2.45) is 7.05 Å². The minimum atomic E-state index is -0.303. The molecule has 6 heteroatoms. The Balaban J connectivity index is 1.94. The van der Waals surface area contributed by atoms with Crippen LogP contribution in [0.3, 0.4) is 0 Å². The average molecular weight is 442 g/mol. The van der Waals surface area contributed by atoms with Crippen LogP contribution in [0.25, 0.3) is 22.0 Å². The first-order valence-corrected chi connectivity index (χ1v) is 10.8. The number of ether oxygens (including phenoxy) is 1. The predicted molar refractivity (Wildman–Crippen MR) is 131 cm³/mol. The summed E-state index contributed by atoms with van der Waals surface area (Å²) in [6.45, 7) is 3.96. The number of aryl methyl sites for hydroxylation is 1. The molecule has 0 aliphatic heterocycles. The van der Waals surface area contributed by atoms with Gasteiger partial charge in [0, 0.05) is 36.8 Å². The van der Waals surface area contributed by atoms with Gasteiger partial charge in [0.2, 0.25) is 0 Å². The zero-order chi connectivity index (χ0) is 23.7. The van der Waals surface area contributed by atoms with E-state index in [2.05, 4.69) is 4.98 Å². The van der Waals surface area contributed by atoms with Gasteiger partial charge < -0.3 is 14.2 Å². The summed E-state index contributed by atoms with van der Waals surface area (Å²) in [5.41, 5.74) is 3.92. The van der Waals surface area contributed by atoms with Crippen molar-refractivity contribution in [3.63, 3.8) is 0 Å². The Morgan fingerprint density at radius 1 is 1.06 bits per heavy atom. The number of fused-ring (bicyclic) bond motifs is 1. The van der Waals surface area contributed by atoms with E-state index in [0.717, 1.165) is 16.7 Å². The van der Waals surface area contributed by atoms with E-state index in [-0.39, 0.29) is 17.5 Å².